The van der Waals surface area contributed by atoms with Gasteiger partial charge in [0.05, 0.1) is 11.4 Å². The second-order valence-electron chi connectivity index (χ2n) is 5.79. The summed E-state index contributed by atoms with van der Waals surface area (Å²) >= 11 is 0. The van der Waals surface area contributed by atoms with Crippen LogP contribution in [0.2, 0.25) is 0 Å². The molecule has 2 aromatic carbocycles. The normalized spacial score (nSPS) is 10.7. The maximum Gasteiger partial charge on any atom is 0.284 e. The monoisotopic (exact) mass is 305 g/mol. The van der Waals surface area contributed by atoms with Crippen LogP contribution < -0.4 is 5.73 Å². The van der Waals surface area contributed by atoms with Gasteiger partial charge in [0.2, 0.25) is 0 Å². The second-order valence-corrected chi connectivity index (χ2v) is 5.79. The highest BCUT2D eigenvalue weighted by Gasteiger charge is 2.20. The fourth-order valence-corrected chi connectivity index (χ4v) is 2.67. The summed E-state index contributed by atoms with van der Waals surface area (Å²) in [5.41, 5.74) is 11.5. The van der Waals surface area contributed by atoms with Crippen LogP contribution in [0.15, 0.2) is 48.5 Å². The molecule has 0 radical (unpaired) electrons. The number of imidazole rings is 1. The van der Waals surface area contributed by atoms with Crippen LogP contribution >= 0.6 is 0 Å². The molecule has 0 saturated carbocycles. The molecule has 0 aliphatic heterocycles. The Morgan fingerprint density at radius 2 is 1.39 bits per heavy atom. The molecule has 4 heteroatoms. The van der Waals surface area contributed by atoms with E-state index < -0.39 is 5.91 Å². The largest absolute Gasteiger partial charge is 0.363 e. The zero-order valence-electron chi connectivity index (χ0n) is 13.5. The van der Waals surface area contributed by atoms with Crippen molar-refractivity contribution < 1.29 is 4.79 Å². The number of rotatable bonds is 3. The number of aryl methyl sites for hydroxylation is 2. The Kier molecular flexibility index (Phi) is 3.74. The molecular formula is C19H19N3O. The average Bonchev–Trinajstić information content (AvgIpc) is 2.87. The fourth-order valence-electron chi connectivity index (χ4n) is 2.67. The number of hydrogen-bond acceptors (Lipinski definition) is 2. The van der Waals surface area contributed by atoms with Gasteiger partial charge in [-0.2, -0.15) is 0 Å². The summed E-state index contributed by atoms with van der Waals surface area (Å²) in [4.78, 5) is 16.2. The molecule has 4 nitrogen and oxygen atoms in total. The quantitative estimate of drug-likeness (QED) is 0.805. The molecule has 0 bridgehead atoms. The number of carbonyl (C=O) groups excluding carboxylic acids is 1. The summed E-state index contributed by atoms with van der Waals surface area (Å²) in [5, 5.41) is 0. The van der Waals surface area contributed by atoms with Crippen LogP contribution in [0.1, 0.15) is 21.7 Å². The molecule has 1 amide bonds. The van der Waals surface area contributed by atoms with Crippen molar-refractivity contribution in [3.05, 3.63) is 65.5 Å². The summed E-state index contributed by atoms with van der Waals surface area (Å²) in [5.74, 6) is -0.268. The summed E-state index contributed by atoms with van der Waals surface area (Å²) in [6.07, 6.45) is 0. The Morgan fingerprint density at radius 3 is 1.87 bits per heavy atom. The van der Waals surface area contributed by atoms with Gasteiger partial charge in [-0.3, -0.25) is 4.79 Å². The van der Waals surface area contributed by atoms with Crippen LogP contribution in [0.25, 0.3) is 22.5 Å². The molecule has 3 rings (SSSR count). The number of hydrogen-bond donors (Lipinski definition) is 1. The molecule has 0 unspecified atom stereocenters. The Balaban J connectivity index is 2.25. The van der Waals surface area contributed by atoms with Crippen LogP contribution in [-0.4, -0.2) is 15.5 Å². The van der Waals surface area contributed by atoms with E-state index in [9.17, 15) is 4.79 Å². The minimum atomic E-state index is -0.528. The maximum absolute atomic E-state index is 11.7. The van der Waals surface area contributed by atoms with Crippen LogP contribution in [0.3, 0.4) is 0 Å². The van der Waals surface area contributed by atoms with Gasteiger partial charge < -0.3 is 10.3 Å². The standard InChI is InChI=1S/C19H19N3O/c1-12-4-8-14(9-5-12)16-17(15-10-6-13(2)7-11-15)22(3)19(21-16)18(20)23/h4-11H,1-3H3,(H2,20,23). The van der Waals surface area contributed by atoms with Gasteiger partial charge in [-0.1, -0.05) is 59.7 Å². The number of aromatic nitrogens is 2. The summed E-state index contributed by atoms with van der Waals surface area (Å²) < 4.78 is 1.77. The third kappa shape index (κ3) is 2.75. The molecule has 0 spiro atoms. The smallest absolute Gasteiger partial charge is 0.284 e. The number of nitrogens with two attached hydrogens (primary N) is 1. The first-order valence-electron chi connectivity index (χ1n) is 7.48. The highest BCUT2D eigenvalue weighted by atomic mass is 16.1. The highest BCUT2D eigenvalue weighted by Crippen LogP contribution is 2.32. The van der Waals surface area contributed by atoms with Crippen LogP contribution in [0.4, 0.5) is 0 Å². The topological polar surface area (TPSA) is 60.9 Å². The molecule has 1 heterocycles. The first kappa shape index (κ1) is 15.0. The van der Waals surface area contributed by atoms with Crippen molar-refractivity contribution in [1.82, 2.24) is 9.55 Å². The molecule has 1 aromatic heterocycles. The summed E-state index contributed by atoms with van der Waals surface area (Å²) in [6, 6.07) is 16.3. The van der Waals surface area contributed by atoms with Crippen molar-refractivity contribution in [2.75, 3.05) is 0 Å². The molecule has 0 fully saturated rings. The van der Waals surface area contributed by atoms with E-state index in [0.717, 1.165) is 22.5 Å². The SMILES string of the molecule is Cc1ccc(-c2nc(C(N)=O)n(C)c2-c2ccc(C)cc2)cc1. The minimum absolute atomic E-state index is 0.260. The van der Waals surface area contributed by atoms with E-state index >= 15 is 0 Å². The molecule has 23 heavy (non-hydrogen) atoms. The lowest BCUT2D eigenvalue weighted by atomic mass is 10.0. The number of amides is 1. The number of primary amides is 1. The maximum atomic E-state index is 11.7. The van der Waals surface area contributed by atoms with Gasteiger partial charge in [-0.05, 0) is 13.8 Å². The Bertz CT molecular complexity index is 859. The Hall–Kier alpha value is -2.88. The molecule has 2 N–H and O–H groups in total. The van der Waals surface area contributed by atoms with E-state index in [1.54, 1.807) is 4.57 Å². The predicted octanol–water partition coefficient (Wildman–Crippen LogP) is 3.47. The lowest BCUT2D eigenvalue weighted by Gasteiger charge is -2.08. The van der Waals surface area contributed by atoms with Crippen molar-refractivity contribution in [3.63, 3.8) is 0 Å². The lowest BCUT2D eigenvalue weighted by molar-refractivity contribution is 0.0987. The van der Waals surface area contributed by atoms with Gasteiger partial charge in [0.15, 0.2) is 5.82 Å². The van der Waals surface area contributed by atoms with Gasteiger partial charge in [0, 0.05) is 18.2 Å². The van der Waals surface area contributed by atoms with E-state index in [-0.39, 0.29) is 5.82 Å². The van der Waals surface area contributed by atoms with Gasteiger partial charge in [-0.15, -0.1) is 0 Å². The van der Waals surface area contributed by atoms with Crippen LogP contribution in [0, 0.1) is 13.8 Å². The van der Waals surface area contributed by atoms with Crippen molar-refractivity contribution >= 4 is 5.91 Å². The van der Waals surface area contributed by atoms with Crippen LogP contribution in [-0.2, 0) is 7.05 Å². The predicted molar refractivity (Wildman–Crippen MR) is 92.1 cm³/mol. The minimum Gasteiger partial charge on any atom is -0.363 e. The fraction of sp³-hybridized carbons (Fsp3) is 0.158. The molecule has 0 aliphatic rings. The number of nitrogens with zero attached hydrogens (tertiary/aromatic N) is 2. The van der Waals surface area contributed by atoms with Gasteiger partial charge in [-0.25, -0.2) is 4.98 Å². The van der Waals surface area contributed by atoms with Gasteiger partial charge in [0.25, 0.3) is 5.91 Å². The summed E-state index contributed by atoms with van der Waals surface area (Å²) in [7, 11) is 1.82. The van der Waals surface area contributed by atoms with E-state index in [4.69, 9.17) is 5.73 Å². The highest BCUT2D eigenvalue weighted by molar-refractivity contribution is 5.93. The number of benzene rings is 2. The van der Waals surface area contributed by atoms with Gasteiger partial charge in [0.1, 0.15) is 0 Å². The first-order valence-corrected chi connectivity index (χ1v) is 7.48. The molecule has 0 aliphatic carbocycles. The van der Waals surface area contributed by atoms with E-state index in [1.807, 2.05) is 69.4 Å². The molecular weight excluding hydrogens is 286 g/mol. The third-order valence-corrected chi connectivity index (χ3v) is 3.97. The molecule has 0 saturated heterocycles. The average molecular weight is 305 g/mol. The second kappa shape index (κ2) is 5.72. The number of carbonyl (C=O) groups is 1. The third-order valence-electron chi connectivity index (χ3n) is 3.97. The van der Waals surface area contributed by atoms with Crippen molar-refractivity contribution in [1.29, 1.82) is 0 Å². The molecule has 0 atom stereocenters. The van der Waals surface area contributed by atoms with Crippen LogP contribution in [0.5, 0.6) is 0 Å². The zero-order chi connectivity index (χ0) is 16.6. The Morgan fingerprint density at radius 1 is 0.913 bits per heavy atom. The molecule has 3 aromatic rings. The lowest BCUT2D eigenvalue weighted by Crippen LogP contribution is -2.16. The Labute approximate surface area is 135 Å². The molecule has 116 valence electrons. The summed E-state index contributed by atoms with van der Waals surface area (Å²) in [6.45, 7) is 4.08. The van der Waals surface area contributed by atoms with Gasteiger partial charge >= 0.3 is 0 Å². The van der Waals surface area contributed by atoms with Crippen molar-refractivity contribution in [3.8, 4) is 22.5 Å². The zero-order valence-corrected chi connectivity index (χ0v) is 13.5. The van der Waals surface area contributed by atoms with E-state index in [0.29, 0.717) is 0 Å². The van der Waals surface area contributed by atoms with Crippen molar-refractivity contribution in [2.45, 2.75) is 13.8 Å². The van der Waals surface area contributed by atoms with Crippen molar-refractivity contribution in [2.24, 2.45) is 12.8 Å². The first-order chi connectivity index (χ1) is 11.0. The van der Waals surface area contributed by atoms with E-state index in [2.05, 4.69) is 4.98 Å². The van der Waals surface area contributed by atoms with E-state index in [1.165, 1.54) is 11.1 Å².